The topological polar surface area (TPSA) is 53.3 Å². The van der Waals surface area contributed by atoms with Gasteiger partial charge in [-0.25, -0.2) is 0 Å². The lowest BCUT2D eigenvalue weighted by atomic mass is 10.0. The standard InChI is InChI=1S/C16H30N4O/c1-11-7-8-20(14(11)10-21)15-13(9-17-16(3,4)5)12(2)18-19(15)6/h11,14,17,21H,7-10H2,1-6H3. The van der Waals surface area contributed by atoms with Gasteiger partial charge in [-0.1, -0.05) is 6.92 Å². The van der Waals surface area contributed by atoms with Gasteiger partial charge in [0.2, 0.25) is 0 Å². The van der Waals surface area contributed by atoms with Crippen molar-refractivity contribution in [3.05, 3.63) is 11.3 Å². The lowest BCUT2D eigenvalue weighted by molar-refractivity contribution is 0.244. The van der Waals surface area contributed by atoms with E-state index in [4.69, 9.17) is 0 Å². The fourth-order valence-electron chi connectivity index (χ4n) is 3.16. The molecule has 2 N–H and O–H groups in total. The van der Waals surface area contributed by atoms with E-state index in [-0.39, 0.29) is 18.2 Å². The molecule has 1 saturated heterocycles. The van der Waals surface area contributed by atoms with Crippen molar-refractivity contribution in [1.29, 1.82) is 0 Å². The molecular weight excluding hydrogens is 264 g/mol. The Morgan fingerprint density at radius 1 is 1.38 bits per heavy atom. The quantitative estimate of drug-likeness (QED) is 0.889. The Morgan fingerprint density at radius 2 is 2.05 bits per heavy atom. The zero-order chi connectivity index (χ0) is 15.8. The Hall–Kier alpha value is -1.07. The molecule has 2 unspecified atom stereocenters. The number of anilines is 1. The van der Waals surface area contributed by atoms with Crippen LogP contribution in [0.15, 0.2) is 0 Å². The average molecular weight is 294 g/mol. The number of hydrogen-bond donors (Lipinski definition) is 2. The monoisotopic (exact) mass is 294 g/mol. The van der Waals surface area contributed by atoms with Crippen molar-refractivity contribution in [2.24, 2.45) is 13.0 Å². The first-order valence-electron chi connectivity index (χ1n) is 7.89. The van der Waals surface area contributed by atoms with E-state index in [1.807, 2.05) is 11.7 Å². The van der Waals surface area contributed by atoms with E-state index in [2.05, 4.69) is 49.9 Å². The van der Waals surface area contributed by atoms with Gasteiger partial charge >= 0.3 is 0 Å². The number of nitrogens with one attached hydrogen (secondary N) is 1. The molecule has 5 nitrogen and oxygen atoms in total. The molecule has 0 spiro atoms. The van der Waals surface area contributed by atoms with Gasteiger partial charge in [0, 0.05) is 31.2 Å². The van der Waals surface area contributed by atoms with Gasteiger partial charge in [0.15, 0.2) is 0 Å². The lowest BCUT2D eigenvalue weighted by Gasteiger charge is -2.29. The minimum Gasteiger partial charge on any atom is -0.394 e. The van der Waals surface area contributed by atoms with Gasteiger partial charge in [-0.2, -0.15) is 5.10 Å². The van der Waals surface area contributed by atoms with Crippen LogP contribution >= 0.6 is 0 Å². The summed E-state index contributed by atoms with van der Waals surface area (Å²) < 4.78 is 1.97. The number of aryl methyl sites for hydroxylation is 2. The van der Waals surface area contributed by atoms with Gasteiger partial charge in [0.05, 0.1) is 18.3 Å². The predicted molar refractivity (Wildman–Crippen MR) is 86.5 cm³/mol. The molecule has 2 rings (SSSR count). The van der Waals surface area contributed by atoms with Crippen LogP contribution in [0.3, 0.4) is 0 Å². The lowest BCUT2D eigenvalue weighted by Crippen LogP contribution is -2.38. The summed E-state index contributed by atoms with van der Waals surface area (Å²) in [5.74, 6) is 1.68. The molecule has 1 fully saturated rings. The molecule has 0 bridgehead atoms. The first kappa shape index (κ1) is 16.3. The van der Waals surface area contributed by atoms with Crippen LogP contribution in [-0.4, -0.2) is 39.6 Å². The Balaban J connectivity index is 2.30. The predicted octanol–water partition coefficient (Wildman–Crippen LogP) is 1.82. The van der Waals surface area contributed by atoms with E-state index >= 15 is 0 Å². The van der Waals surface area contributed by atoms with E-state index in [0.717, 1.165) is 31.0 Å². The highest BCUT2D eigenvalue weighted by atomic mass is 16.3. The molecule has 1 aliphatic rings. The summed E-state index contributed by atoms with van der Waals surface area (Å²) in [6.45, 7) is 12.8. The van der Waals surface area contributed by atoms with Crippen LogP contribution in [0.2, 0.25) is 0 Å². The van der Waals surface area contributed by atoms with Crippen molar-refractivity contribution < 1.29 is 5.11 Å². The van der Waals surface area contributed by atoms with E-state index in [0.29, 0.717) is 5.92 Å². The number of nitrogens with zero attached hydrogens (tertiary/aromatic N) is 3. The van der Waals surface area contributed by atoms with Gasteiger partial charge in [0.1, 0.15) is 5.82 Å². The van der Waals surface area contributed by atoms with Gasteiger partial charge in [0.25, 0.3) is 0 Å². The zero-order valence-corrected chi connectivity index (χ0v) is 14.3. The van der Waals surface area contributed by atoms with Crippen molar-refractivity contribution in [3.8, 4) is 0 Å². The summed E-state index contributed by atoms with van der Waals surface area (Å²) >= 11 is 0. The number of aromatic nitrogens is 2. The SMILES string of the molecule is Cc1nn(C)c(N2CCC(C)C2CO)c1CNC(C)(C)C. The Labute approximate surface area is 128 Å². The fourth-order valence-corrected chi connectivity index (χ4v) is 3.16. The van der Waals surface area contributed by atoms with Crippen molar-refractivity contribution >= 4 is 5.82 Å². The molecule has 0 saturated carbocycles. The fraction of sp³-hybridized carbons (Fsp3) is 0.812. The maximum atomic E-state index is 9.73. The molecular formula is C16H30N4O. The van der Waals surface area contributed by atoms with Gasteiger partial charge < -0.3 is 15.3 Å². The third-order valence-corrected chi connectivity index (χ3v) is 4.45. The molecule has 0 aromatic carbocycles. The average Bonchev–Trinajstić information content (AvgIpc) is 2.85. The zero-order valence-electron chi connectivity index (χ0n) is 14.3. The van der Waals surface area contributed by atoms with Crippen LogP contribution in [-0.2, 0) is 13.6 Å². The first-order chi connectivity index (χ1) is 9.74. The third-order valence-electron chi connectivity index (χ3n) is 4.45. The van der Waals surface area contributed by atoms with Crippen molar-refractivity contribution in [2.75, 3.05) is 18.1 Å². The van der Waals surface area contributed by atoms with Crippen LogP contribution in [0.5, 0.6) is 0 Å². The molecule has 1 aromatic heterocycles. The maximum absolute atomic E-state index is 9.73. The molecule has 120 valence electrons. The Kier molecular flexibility index (Phi) is 4.63. The highest BCUT2D eigenvalue weighted by molar-refractivity contribution is 5.52. The minimum absolute atomic E-state index is 0.0776. The second kappa shape index (κ2) is 5.97. The Morgan fingerprint density at radius 3 is 2.62 bits per heavy atom. The third kappa shape index (κ3) is 3.40. The molecule has 0 radical (unpaired) electrons. The minimum atomic E-state index is 0.0776. The summed E-state index contributed by atoms with van der Waals surface area (Å²) in [6.07, 6.45) is 1.13. The normalized spacial score (nSPS) is 23.1. The van der Waals surface area contributed by atoms with Crippen molar-refractivity contribution in [3.63, 3.8) is 0 Å². The molecule has 21 heavy (non-hydrogen) atoms. The van der Waals surface area contributed by atoms with Crippen LogP contribution in [0.25, 0.3) is 0 Å². The molecule has 2 atom stereocenters. The van der Waals surface area contributed by atoms with Crippen molar-refractivity contribution in [2.45, 2.75) is 59.2 Å². The van der Waals surface area contributed by atoms with Gasteiger partial charge in [-0.3, -0.25) is 4.68 Å². The molecule has 1 aliphatic heterocycles. The van der Waals surface area contributed by atoms with E-state index < -0.39 is 0 Å². The van der Waals surface area contributed by atoms with Crippen LogP contribution in [0, 0.1) is 12.8 Å². The smallest absolute Gasteiger partial charge is 0.131 e. The molecule has 0 aliphatic carbocycles. The van der Waals surface area contributed by atoms with E-state index in [1.165, 1.54) is 5.56 Å². The first-order valence-corrected chi connectivity index (χ1v) is 7.89. The highest BCUT2D eigenvalue weighted by Crippen LogP contribution is 2.33. The van der Waals surface area contributed by atoms with Gasteiger partial charge in [-0.05, 0) is 40.0 Å². The van der Waals surface area contributed by atoms with E-state index in [1.54, 1.807) is 0 Å². The largest absolute Gasteiger partial charge is 0.394 e. The summed E-state index contributed by atoms with van der Waals surface area (Å²) in [5, 5.41) is 17.9. The van der Waals surface area contributed by atoms with Crippen LogP contribution in [0.1, 0.15) is 45.4 Å². The second-order valence-corrected chi connectivity index (χ2v) is 7.32. The van der Waals surface area contributed by atoms with Gasteiger partial charge in [-0.15, -0.1) is 0 Å². The second-order valence-electron chi connectivity index (χ2n) is 7.32. The molecule has 1 aromatic rings. The van der Waals surface area contributed by atoms with Crippen molar-refractivity contribution in [1.82, 2.24) is 15.1 Å². The summed E-state index contributed by atoms with van der Waals surface area (Å²) in [5.41, 5.74) is 2.40. The molecule has 2 heterocycles. The summed E-state index contributed by atoms with van der Waals surface area (Å²) in [6, 6.07) is 0.202. The highest BCUT2D eigenvalue weighted by Gasteiger charge is 2.34. The summed E-state index contributed by atoms with van der Waals surface area (Å²) in [4.78, 5) is 2.34. The molecule has 5 heteroatoms. The van der Waals surface area contributed by atoms with Crippen LogP contribution in [0.4, 0.5) is 5.82 Å². The Bertz CT molecular complexity index is 489. The van der Waals surface area contributed by atoms with Crippen LogP contribution < -0.4 is 10.2 Å². The summed E-state index contributed by atoms with van der Waals surface area (Å²) in [7, 11) is 2.00. The number of aliphatic hydroxyl groups excluding tert-OH is 1. The van der Waals surface area contributed by atoms with E-state index in [9.17, 15) is 5.11 Å². The maximum Gasteiger partial charge on any atom is 0.131 e. The number of aliphatic hydroxyl groups is 1. The molecule has 0 amide bonds. The number of rotatable bonds is 4. The number of hydrogen-bond acceptors (Lipinski definition) is 4.